The van der Waals surface area contributed by atoms with Crippen LogP contribution in [0.15, 0.2) is 24.3 Å². The van der Waals surface area contributed by atoms with Gasteiger partial charge in [-0.25, -0.2) is 0 Å². The molecule has 1 aromatic carbocycles. The second-order valence-corrected chi connectivity index (χ2v) is 8.62. The van der Waals surface area contributed by atoms with Crippen LogP contribution in [0.25, 0.3) is 0 Å². The summed E-state index contributed by atoms with van der Waals surface area (Å²) in [4.78, 5) is 12.9. The number of amides is 1. The summed E-state index contributed by atoms with van der Waals surface area (Å²) >= 11 is 6.81. The molecule has 0 heterocycles. The Hall–Kier alpha value is -1.73. The maximum absolute atomic E-state index is 13.0. The molecule has 24 heavy (non-hydrogen) atoms. The summed E-state index contributed by atoms with van der Waals surface area (Å²) < 4.78 is 5.24. The number of nitrogens with one attached hydrogen (secondary N) is 1. The van der Waals surface area contributed by atoms with Crippen molar-refractivity contribution < 1.29 is 9.53 Å². The van der Waals surface area contributed by atoms with Crippen LogP contribution in [0.1, 0.15) is 38.5 Å². The van der Waals surface area contributed by atoms with Crippen molar-refractivity contribution in [3.63, 3.8) is 0 Å². The van der Waals surface area contributed by atoms with Gasteiger partial charge in [-0.1, -0.05) is 0 Å². The van der Waals surface area contributed by atoms with Gasteiger partial charge in [0, 0.05) is 10.6 Å². The van der Waals surface area contributed by atoms with E-state index in [-0.39, 0.29) is 22.8 Å². The maximum Gasteiger partial charge on any atom is 0.230 e. The van der Waals surface area contributed by atoms with Crippen LogP contribution in [0.3, 0.4) is 0 Å². The van der Waals surface area contributed by atoms with Crippen LogP contribution < -0.4 is 10.1 Å². The number of hydrogen-bond acceptors (Lipinski definition) is 3. The van der Waals surface area contributed by atoms with E-state index in [9.17, 15) is 4.79 Å². The highest BCUT2D eigenvalue weighted by atomic mass is 35.5. The molecule has 4 bridgehead atoms. The van der Waals surface area contributed by atoms with Crippen molar-refractivity contribution in [2.24, 2.45) is 17.3 Å². The lowest BCUT2D eigenvalue weighted by atomic mass is 9.49. The summed E-state index contributed by atoms with van der Waals surface area (Å²) in [6.07, 6.45) is 6.16. The van der Waals surface area contributed by atoms with Crippen molar-refractivity contribution in [1.29, 1.82) is 5.26 Å². The minimum Gasteiger partial charge on any atom is -0.479 e. The molecule has 4 nitrogen and oxygen atoms in total. The Bertz CT molecular complexity index is 680. The molecule has 2 unspecified atom stereocenters. The average molecular weight is 345 g/mol. The molecular formula is C19H21ClN2O2. The smallest absolute Gasteiger partial charge is 0.230 e. The van der Waals surface area contributed by atoms with Crippen LogP contribution in [-0.4, -0.2) is 17.4 Å². The minimum atomic E-state index is -0.290. The first-order chi connectivity index (χ1) is 11.5. The number of ether oxygens (including phenoxy) is 1. The van der Waals surface area contributed by atoms with Gasteiger partial charge in [0.05, 0.1) is 5.41 Å². The van der Waals surface area contributed by atoms with Gasteiger partial charge in [-0.05, 0) is 74.6 Å². The third-order valence-electron chi connectivity index (χ3n) is 5.89. The van der Waals surface area contributed by atoms with E-state index in [1.54, 1.807) is 12.1 Å². The molecule has 126 valence electrons. The molecule has 4 fully saturated rings. The Morgan fingerprint density at radius 1 is 1.25 bits per heavy atom. The lowest BCUT2D eigenvalue weighted by Gasteiger charge is -2.59. The van der Waals surface area contributed by atoms with Gasteiger partial charge < -0.3 is 10.1 Å². The monoisotopic (exact) mass is 344 g/mol. The Morgan fingerprint density at radius 2 is 1.92 bits per heavy atom. The summed E-state index contributed by atoms with van der Waals surface area (Å²) in [5, 5.41) is 11.6. The van der Waals surface area contributed by atoms with Crippen LogP contribution in [-0.2, 0) is 4.79 Å². The van der Waals surface area contributed by atoms with Gasteiger partial charge in [-0.2, -0.15) is 5.26 Å². The summed E-state index contributed by atoms with van der Waals surface area (Å²) in [6, 6.07) is 9.13. The molecule has 1 aromatic rings. The van der Waals surface area contributed by atoms with Crippen molar-refractivity contribution in [1.82, 2.24) is 0 Å². The molecular weight excluding hydrogens is 324 g/mol. The van der Waals surface area contributed by atoms with Gasteiger partial charge in [0.2, 0.25) is 5.91 Å². The highest BCUT2D eigenvalue weighted by Gasteiger charge is 2.60. The largest absolute Gasteiger partial charge is 0.479 e. The van der Waals surface area contributed by atoms with Gasteiger partial charge in [-0.3, -0.25) is 4.79 Å². The quantitative estimate of drug-likeness (QED) is 0.836. The number of alkyl halides is 1. The van der Waals surface area contributed by atoms with Crippen LogP contribution >= 0.6 is 11.6 Å². The molecule has 0 aliphatic heterocycles. The normalized spacial score (nSPS) is 36.2. The number of carbonyl (C=O) groups excluding carboxylic acids is 1. The molecule has 4 aliphatic rings. The number of rotatable bonds is 4. The fraction of sp³-hybridized carbons (Fsp3) is 0.579. The van der Waals surface area contributed by atoms with E-state index >= 15 is 0 Å². The van der Waals surface area contributed by atoms with Gasteiger partial charge in [-0.15, -0.1) is 11.6 Å². The summed E-state index contributed by atoms with van der Waals surface area (Å²) in [7, 11) is 0. The first kappa shape index (κ1) is 15.8. The third-order valence-corrected chi connectivity index (χ3v) is 6.33. The van der Waals surface area contributed by atoms with Crippen molar-refractivity contribution in [3.05, 3.63) is 24.3 Å². The molecule has 4 saturated carbocycles. The molecule has 0 saturated heterocycles. The molecule has 0 radical (unpaired) electrons. The molecule has 1 N–H and O–H groups in total. The van der Waals surface area contributed by atoms with Gasteiger partial charge >= 0.3 is 0 Å². The highest BCUT2D eigenvalue weighted by molar-refractivity contribution is 6.24. The Morgan fingerprint density at radius 3 is 2.50 bits per heavy atom. The fourth-order valence-electron chi connectivity index (χ4n) is 5.43. The number of anilines is 1. The zero-order chi connectivity index (χ0) is 16.8. The number of benzene rings is 1. The standard InChI is InChI=1S/C19H21ClN2O2/c20-19-10-13-7-14(11-19)9-18(8-13,12-19)17(23)22-15-1-3-16(4-2-15)24-6-5-21/h1-4,13-14H,6-12H2,(H,22,23). The minimum absolute atomic E-state index is 0.0232. The Kier molecular flexibility index (Phi) is 3.73. The second kappa shape index (κ2) is 5.67. The van der Waals surface area contributed by atoms with E-state index in [2.05, 4.69) is 5.32 Å². The van der Waals surface area contributed by atoms with Gasteiger partial charge in [0.1, 0.15) is 11.8 Å². The van der Waals surface area contributed by atoms with Crippen molar-refractivity contribution in [2.45, 2.75) is 43.4 Å². The topological polar surface area (TPSA) is 62.1 Å². The average Bonchev–Trinajstić information content (AvgIpc) is 2.52. The van der Waals surface area contributed by atoms with Crippen LogP contribution in [0.4, 0.5) is 5.69 Å². The zero-order valence-corrected chi connectivity index (χ0v) is 14.3. The van der Waals surface area contributed by atoms with Gasteiger partial charge in [0.15, 0.2) is 6.61 Å². The van der Waals surface area contributed by atoms with Gasteiger partial charge in [0.25, 0.3) is 0 Å². The predicted molar refractivity (Wildman–Crippen MR) is 91.9 cm³/mol. The summed E-state index contributed by atoms with van der Waals surface area (Å²) in [6.45, 7) is 0.0232. The fourth-order valence-corrected chi connectivity index (χ4v) is 6.12. The number of halogens is 1. The molecule has 4 aliphatic carbocycles. The molecule has 0 aromatic heterocycles. The summed E-state index contributed by atoms with van der Waals surface area (Å²) in [5.74, 6) is 1.96. The Balaban J connectivity index is 1.47. The van der Waals surface area contributed by atoms with Crippen LogP contribution in [0, 0.1) is 28.6 Å². The molecule has 5 heteroatoms. The van der Waals surface area contributed by atoms with Crippen LogP contribution in [0.2, 0.25) is 0 Å². The van der Waals surface area contributed by atoms with E-state index in [1.165, 1.54) is 6.42 Å². The van der Waals surface area contributed by atoms with E-state index in [1.807, 2.05) is 18.2 Å². The molecule has 1 amide bonds. The number of carbonyl (C=O) groups is 1. The lowest BCUT2D eigenvalue weighted by Crippen LogP contribution is -2.57. The van der Waals surface area contributed by atoms with E-state index in [4.69, 9.17) is 21.6 Å². The maximum atomic E-state index is 13.0. The number of hydrogen-bond donors (Lipinski definition) is 1. The van der Waals surface area contributed by atoms with E-state index in [0.29, 0.717) is 17.6 Å². The van der Waals surface area contributed by atoms with Crippen molar-refractivity contribution >= 4 is 23.2 Å². The van der Waals surface area contributed by atoms with Crippen molar-refractivity contribution in [2.75, 3.05) is 11.9 Å². The highest BCUT2D eigenvalue weighted by Crippen LogP contribution is 2.64. The number of nitriles is 1. The second-order valence-electron chi connectivity index (χ2n) is 7.82. The lowest BCUT2D eigenvalue weighted by molar-refractivity contribution is -0.138. The predicted octanol–water partition coefficient (Wildman–Crippen LogP) is 4.11. The number of nitrogens with zero attached hydrogens (tertiary/aromatic N) is 1. The Labute approximate surface area is 147 Å². The molecule has 5 rings (SSSR count). The van der Waals surface area contributed by atoms with E-state index in [0.717, 1.165) is 37.8 Å². The first-order valence-corrected chi connectivity index (χ1v) is 8.98. The molecule has 0 spiro atoms. The summed E-state index contributed by atoms with van der Waals surface area (Å²) in [5.41, 5.74) is 0.477. The van der Waals surface area contributed by atoms with Crippen LogP contribution in [0.5, 0.6) is 5.75 Å². The van der Waals surface area contributed by atoms with E-state index < -0.39 is 0 Å². The SMILES string of the molecule is N#CCOc1ccc(NC(=O)C23CC4CC(CC(Cl)(C4)C2)C3)cc1. The first-order valence-electron chi connectivity index (χ1n) is 8.61. The third kappa shape index (κ3) is 2.75. The molecule has 2 atom stereocenters. The zero-order valence-electron chi connectivity index (χ0n) is 13.6. The van der Waals surface area contributed by atoms with Crippen molar-refractivity contribution in [3.8, 4) is 11.8 Å².